The van der Waals surface area contributed by atoms with Gasteiger partial charge in [0, 0.05) is 4.88 Å². The third-order valence-corrected chi connectivity index (χ3v) is 3.46. The maximum Gasteiger partial charge on any atom is 0.123 e. The van der Waals surface area contributed by atoms with Gasteiger partial charge in [-0.1, -0.05) is 18.2 Å². The molecule has 1 unspecified atom stereocenters. The lowest BCUT2D eigenvalue weighted by Gasteiger charge is -2.08. The fourth-order valence-corrected chi connectivity index (χ4v) is 2.32. The van der Waals surface area contributed by atoms with E-state index in [2.05, 4.69) is 0 Å². The SMILES string of the molecule is OC(CCc1ccc(F)cc1)c1cccs1. The van der Waals surface area contributed by atoms with Gasteiger partial charge in [-0.2, -0.15) is 0 Å². The summed E-state index contributed by atoms with van der Waals surface area (Å²) in [5.74, 6) is -0.220. The zero-order valence-corrected chi connectivity index (χ0v) is 9.58. The van der Waals surface area contributed by atoms with Crippen molar-refractivity contribution < 1.29 is 9.50 Å². The maximum atomic E-state index is 12.7. The number of aliphatic hydroxyl groups excluding tert-OH is 1. The van der Waals surface area contributed by atoms with Gasteiger partial charge in [-0.05, 0) is 42.0 Å². The van der Waals surface area contributed by atoms with Gasteiger partial charge < -0.3 is 5.11 Å². The van der Waals surface area contributed by atoms with Gasteiger partial charge in [-0.15, -0.1) is 11.3 Å². The predicted octanol–water partition coefficient (Wildman–Crippen LogP) is 3.55. The summed E-state index contributed by atoms with van der Waals surface area (Å²) in [7, 11) is 0. The van der Waals surface area contributed by atoms with E-state index in [4.69, 9.17) is 0 Å². The molecule has 16 heavy (non-hydrogen) atoms. The van der Waals surface area contributed by atoms with Gasteiger partial charge in [0.2, 0.25) is 0 Å². The number of aliphatic hydroxyl groups is 1. The zero-order valence-electron chi connectivity index (χ0n) is 8.77. The Bertz CT molecular complexity index is 422. The van der Waals surface area contributed by atoms with Gasteiger partial charge in [-0.25, -0.2) is 4.39 Å². The van der Waals surface area contributed by atoms with Crippen LogP contribution >= 0.6 is 11.3 Å². The molecular weight excluding hydrogens is 223 g/mol. The fraction of sp³-hybridized carbons (Fsp3) is 0.231. The number of hydrogen-bond acceptors (Lipinski definition) is 2. The summed E-state index contributed by atoms with van der Waals surface area (Å²) in [6.07, 6.45) is 1.02. The smallest absolute Gasteiger partial charge is 0.123 e. The van der Waals surface area contributed by atoms with Crippen LogP contribution < -0.4 is 0 Å². The first kappa shape index (κ1) is 11.3. The van der Waals surface area contributed by atoms with Crippen LogP contribution in [-0.2, 0) is 6.42 Å². The summed E-state index contributed by atoms with van der Waals surface area (Å²) in [6.45, 7) is 0. The minimum atomic E-state index is -0.412. The molecule has 0 saturated heterocycles. The largest absolute Gasteiger partial charge is 0.388 e. The van der Waals surface area contributed by atoms with Crippen LogP contribution in [0.2, 0.25) is 0 Å². The van der Waals surface area contributed by atoms with Crippen LogP contribution in [0.1, 0.15) is 23.0 Å². The molecule has 0 aliphatic heterocycles. The Hall–Kier alpha value is -1.19. The minimum Gasteiger partial charge on any atom is -0.388 e. The number of hydrogen-bond donors (Lipinski definition) is 1. The lowest BCUT2D eigenvalue weighted by atomic mass is 10.1. The third-order valence-electron chi connectivity index (χ3n) is 2.49. The van der Waals surface area contributed by atoms with E-state index >= 15 is 0 Å². The average molecular weight is 236 g/mol. The molecular formula is C13H13FOS. The molecule has 0 spiro atoms. The third kappa shape index (κ3) is 2.90. The van der Waals surface area contributed by atoms with Gasteiger partial charge in [0.25, 0.3) is 0 Å². The van der Waals surface area contributed by atoms with E-state index in [0.717, 1.165) is 16.9 Å². The molecule has 2 rings (SSSR count). The molecule has 0 saturated carbocycles. The number of thiophene rings is 1. The molecule has 84 valence electrons. The Balaban J connectivity index is 1.90. The molecule has 0 amide bonds. The second-order valence-corrected chi connectivity index (χ2v) is 4.68. The van der Waals surface area contributed by atoms with Crippen LogP contribution in [0.25, 0.3) is 0 Å². The number of rotatable bonds is 4. The molecule has 0 bridgehead atoms. The molecule has 1 nitrogen and oxygen atoms in total. The first-order valence-electron chi connectivity index (χ1n) is 5.21. The van der Waals surface area contributed by atoms with Crippen LogP contribution in [0.5, 0.6) is 0 Å². The fourth-order valence-electron chi connectivity index (χ4n) is 1.58. The average Bonchev–Trinajstić information content (AvgIpc) is 2.81. The lowest BCUT2D eigenvalue weighted by molar-refractivity contribution is 0.171. The molecule has 0 aliphatic carbocycles. The molecule has 1 heterocycles. The molecule has 1 atom stereocenters. The number of benzene rings is 1. The highest BCUT2D eigenvalue weighted by Crippen LogP contribution is 2.23. The van der Waals surface area contributed by atoms with Gasteiger partial charge in [-0.3, -0.25) is 0 Å². The summed E-state index contributed by atoms with van der Waals surface area (Å²) in [5.41, 5.74) is 1.05. The van der Waals surface area contributed by atoms with Crippen molar-refractivity contribution in [3.63, 3.8) is 0 Å². The van der Waals surface area contributed by atoms with Crippen LogP contribution in [-0.4, -0.2) is 5.11 Å². The monoisotopic (exact) mass is 236 g/mol. The summed E-state index contributed by atoms with van der Waals surface area (Å²) in [6, 6.07) is 10.3. The first-order valence-corrected chi connectivity index (χ1v) is 6.09. The normalized spacial score (nSPS) is 12.6. The van der Waals surface area contributed by atoms with Crippen molar-refractivity contribution >= 4 is 11.3 Å². The van der Waals surface area contributed by atoms with Crippen molar-refractivity contribution in [3.05, 3.63) is 58.0 Å². The predicted molar refractivity (Wildman–Crippen MR) is 64.0 cm³/mol. The molecule has 1 N–H and O–H groups in total. The lowest BCUT2D eigenvalue weighted by Crippen LogP contribution is -1.97. The zero-order chi connectivity index (χ0) is 11.4. The molecule has 2 aromatic rings. The van der Waals surface area contributed by atoms with E-state index < -0.39 is 6.10 Å². The van der Waals surface area contributed by atoms with E-state index in [0.29, 0.717) is 6.42 Å². The van der Waals surface area contributed by atoms with Gasteiger partial charge in [0.1, 0.15) is 5.82 Å². The Morgan fingerprint density at radius 1 is 1.19 bits per heavy atom. The number of aryl methyl sites for hydroxylation is 1. The van der Waals surface area contributed by atoms with Crippen molar-refractivity contribution in [2.45, 2.75) is 18.9 Å². The quantitative estimate of drug-likeness (QED) is 0.860. The van der Waals surface area contributed by atoms with E-state index in [1.165, 1.54) is 12.1 Å². The topological polar surface area (TPSA) is 20.2 Å². The van der Waals surface area contributed by atoms with Gasteiger partial charge in [0.15, 0.2) is 0 Å². The summed E-state index contributed by atoms with van der Waals surface area (Å²) in [5, 5.41) is 11.8. The summed E-state index contributed by atoms with van der Waals surface area (Å²) < 4.78 is 12.7. The number of halogens is 1. The molecule has 1 aromatic carbocycles. The molecule has 3 heteroatoms. The van der Waals surface area contributed by atoms with E-state index in [1.54, 1.807) is 23.5 Å². The molecule has 1 aromatic heterocycles. The van der Waals surface area contributed by atoms with Crippen LogP contribution in [0.15, 0.2) is 41.8 Å². The Morgan fingerprint density at radius 3 is 2.56 bits per heavy atom. The summed E-state index contributed by atoms with van der Waals surface area (Å²) in [4.78, 5) is 0.988. The van der Waals surface area contributed by atoms with Crippen molar-refractivity contribution in [1.82, 2.24) is 0 Å². The maximum absolute atomic E-state index is 12.7. The van der Waals surface area contributed by atoms with E-state index in [-0.39, 0.29) is 5.82 Å². The Labute approximate surface area is 98.2 Å². The van der Waals surface area contributed by atoms with Gasteiger partial charge in [0.05, 0.1) is 6.10 Å². The van der Waals surface area contributed by atoms with Gasteiger partial charge >= 0.3 is 0 Å². The Kier molecular flexibility index (Phi) is 3.70. The second-order valence-electron chi connectivity index (χ2n) is 3.70. The highest BCUT2D eigenvalue weighted by molar-refractivity contribution is 7.10. The van der Waals surface area contributed by atoms with Crippen molar-refractivity contribution in [2.24, 2.45) is 0 Å². The summed E-state index contributed by atoms with van der Waals surface area (Å²) >= 11 is 1.56. The first-order chi connectivity index (χ1) is 7.75. The van der Waals surface area contributed by atoms with E-state index in [9.17, 15) is 9.50 Å². The molecule has 0 radical (unpaired) electrons. The highest BCUT2D eigenvalue weighted by atomic mass is 32.1. The van der Waals surface area contributed by atoms with Crippen LogP contribution in [0.4, 0.5) is 4.39 Å². The molecule has 0 fully saturated rings. The second kappa shape index (κ2) is 5.23. The van der Waals surface area contributed by atoms with Crippen LogP contribution in [0, 0.1) is 5.82 Å². The highest BCUT2D eigenvalue weighted by Gasteiger charge is 2.08. The Morgan fingerprint density at radius 2 is 1.94 bits per heavy atom. The standard InChI is InChI=1S/C13H13FOS/c14-11-6-3-10(4-7-11)5-8-12(15)13-2-1-9-16-13/h1-4,6-7,9,12,15H,5,8H2. The minimum absolute atomic E-state index is 0.220. The van der Waals surface area contributed by atoms with Crippen molar-refractivity contribution in [2.75, 3.05) is 0 Å². The van der Waals surface area contributed by atoms with Crippen molar-refractivity contribution in [3.8, 4) is 0 Å². The molecule has 0 aliphatic rings. The van der Waals surface area contributed by atoms with E-state index in [1.807, 2.05) is 17.5 Å². The van der Waals surface area contributed by atoms with Crippen molar-refractivity contribution in [1.29, 1.82) is 0 Å². The van der Waals surface area contributed by atoms with Crippen LogP contribution in [0.3, 0.4) is 0 Å².